The van der Waals surface area contributed by atoms with Crippen LogP contribution in [0.15, 0.2) is 30.3 Å². The third-order valence-electron chi connectivity index (χ3n) is 2.68. The number of nitrogens with two attached hydrogens (primary N) is 1. The molecule has 6 heteroatoms. The van der Waals surface area contributed by atoms with Gasteiger partial charge in [0.2, 0.25) is 0 Å². The first kappa shape index (κ1) is 13.8. The normalized spacial score (nSPS) is 10.2. The molecule has 0 aliphatic heterocycles. The Morgan fingerprint density at radius 2 is 2.10 bits per heavy atom. The van der Waals surface area contributed by atoms with E-state index in [1.807, 2.05) is 12.1 Å². The average Bonchev–Trinajstić information content (AvgIpc) is 2.45. The minimum Gasteiger partial charge on any atom is -0.465 e. The molecule has 1 amide bonds. The summed E-state index contributed by atoms with van der Waals surface area (Å²) >= 11 is 0. The predicted octanol–water partition coefficient (Wildman–Crippen LogP) is 1.11. The van der Waals surface area contributed by atoms with E-state index in [2.05, 4.69) is 10.3 Å². The monoisotopic (exact) mass is 273 g/mol. The smallest absolute Gasteiger partial charge is 0.325 e. The summed E-state index contributed by atoms with van der Waals surface area (Å²) in [5.74, 6) is -0.927. The molecular formula is C14H15N3O3. The molecule has 0 atom stereocenters. The molecule has 0 aliphatic carbocycles. The van der Waals surface area contributed by atoms with Gasteiger partial charge in [-0.2, -0.15) is 0 Å². The van der Waals surface area contributed by atoms with Crippen LogP contribution < -0.4 is 11.1 Å². The molecule has 0 saturated heterocycles. The fraction of sp³-hybridized carbons (Fsp3) is 0.214. The minimum absolute atomic E-state index is 0.184. The number of pyridine rings is 1. The molecule has 0 spiro atoms. The number of aromatic nitrogens is 1. The Balaban J connectivity index is 2.14. The zero-order valence-corrected chi connectivity index (χ0v) is 11.1. The van der Waals surface area contributed by atoms with Crippen molar-refractivity contribution in [3.63, 3.8) is 0 Å². The highest BCUT2D eigenvalue weighted by molar-refractivity contribution is 5.98. The van der Waals surface area contributed by atoms with Gasteiger partial charge < -0.3 is 15.8 Å². The number of ether oxygens (including phenoxy) is 1. The molecule has 2 rings (SSSR count). The number of esters is 1. The lowest BCUT2D eigenvalue weighted by Gasteiger charge is -2.06. The largest absolute Gasteiger partial charge is 0.465 e. The lowest BCUT2D eigenvalue weighted by Crippen LogP contribution is -2.31. The Morgan fingerprint density at radius 1 is 1.30 bits per heavy atom. The number of hydrogen-bond donors (Lipinski definition) is 2. The van der Waals surface area contributed by atoms with Crippen LogP contribution in [0.1, 0.15) is 17.4 Å². The van der Waals surface area contributed by atoms with Gasteiger partial charge in [-0.15, -0.1) is 0 Å². The Bertz CT molecular complexity index is 655. The molecule has 0 bridgehead atoms. The van der Waals surface area contributed by atoms with E-state index in [-0.39, 0.29) is 18.8 Å². The maximum Gasteiger partial charge on any atom is 0.325 e. The van der Waals surface area contributed by atoms with Gasteiger partial charge in [-0.05, 0) is 19.1 Å². The van der Waals surface area contributed by atoms with Gasteiger partial charge in [-0.3, -0.25) is 9.59 Å². The van der Waals surface area contributed by atoms with Crippen molar-refractivity contribution in [2.24, 2.45) is 0 Å². The van der Waals surface area contributed by atoms with Gasteiger partial charge in [0.25, 0.3) is 5.91 Å². The maximum absolute atomic E-state index is 11.9. The van der Waals surface area contributed by atoms with Gasteiger partial charge in [0.15, 0.2) is 0 Å². The molecule has 0 radical (unpaired) electrons. The van der Waals surface area contributed by atoms with E-state index < -0.39 is 11.9 Å². The summed E-state index contributed by atoms with van der Waals surface area (Å²) in [5, 5.41) is 3.30. The third-order valence-corrected chi connectivity index (χ3v) is 2.68. The topological polar surface area (TPSA) is 94.3 Å². The molecule has 0 saturated carbocycles. The number of para-hydroxylation sites is 1. The number of amides is 1. The van der Waals surface area contributed by atoms with E-state index in [1.165, 1.54) is 0 Å². The van der Waals surface area contributed by atoms with Gasteiger partial charge in [0.1, 0.15) is 12.2 Å². The highest BCUT2D eigenvalue weighted by Gasteiger charge is 2.11. The average molecular weight is 273 g/mol. The van der Waals surface area contributed by atoms with Crippen molar-refractivity contribution in [3.8, 4) is 0 Å². The number of carbonyl (C=O) groups excluding carboxylic acids is 2. The van der Waals surface area contributed by atoms with Crippen LogP contribution in [-0.2, 0) is 9.53 Å². The molecule has 20 heavy (non-hydrogen) atoms. The Labute approximate surface area is 115 Å². The molecule has 3 N–H and O–H groups in total. The highest BCUT2D eigenvalue weighted by atomic mass is 16.5. The van der Waals surface area contributed by atoms with Crippen LogP contribution in [0.25, 0.3) is 10.9 Å². The molecule has 1 aromatic carbocycles. The van der Waals surface area contributed by atoms with Crippen molar-refractivity contribution in [3.05, 3.63) is 36.0 Å². The molecule has 0 aliphatic rings. The number of rotatable bonds is 4. The van der Waals surface area contributed by atoms with E-state index in [1.54, 1.807) is 25.1 Å². The number of carbonyl (C=O) groups is 2. The second kappa shape index (κ2) is 6.01. The van der Waals surface area contributed by atoms with E-state index >= 15 is 0 Å². The van der Waals surface area contributed by atoms with E-state index in [0.717, 1.165) is 5.39 Å². The van der Waals surface area contributed by atoms with Crippen molar-refractivity contribution in [1.82, 2.24) is 10.3 Å². The molecule has 6 nitrogen and oxygen atoms in total. The van der Waals surface area contributed by atoms with Crippen LogP contribution in [0.4, 0.5) is 5.69 Å². The van der Waals surface area contributed by atoms with Crippen LogP contribution in [0.3, 0.4) is 0 Å². The molecule has 1 aromatic heterocycles. The lowest BCUT2D eigenvalue weighted by molar-refractivity contribution is -0.141. The van der Waals surface area contributed by atoms with Gasteiger partial charge in [-0.25, -0.2) is 4.98 Å². The van der Waals surface area contributed by atoms with Gasteiger partial charge in [0.05, 0.1) is 17.8 Å². The van der Waals surface area contributed by atoms with Crippen molar-refractivity contribution in [1.29, 1.82) is 0 Å². The van der Waals surface area contributed by atoms with E-state index in [0.29, 0.717) is 11.2 Å². The molecule has 0 fully saturated rings. The van der Waals surface area contributed by atoms with Crippen molar-refractivity contribution < 1.29 is 14.3 Å². The summed E-state index contributed by atoms with van der Waals surface area (Å²) in [6.07, 6.45) is 0. The highest BCUT2D eigenvalue weighted by Crippen LogP contribution is 2.18. The molecular weight excluding hydrogens is 258 g/mol. The molecule has 2 aromatic rings. The fourth-order valence-corrected chi connectivity index (χ4v) is 1.75. The lowest BCUT2D eigenvalue weighted by atomic mass is 10.1. The van der Waals surface area contributed by atoms with Gasteiger partial charge in [-0.1, -0.05) is 18.2 Å². The first-order valence-corrected chi connectivity index (χ1v) is 6.21. The zero-order valence-electron chi connectivity index (χ0n) is 11.1. The SMILES string of the molecule is CCOC(=O)CNC(=O)c1ccc2cccc(N)c2n1. The van der Waals surface area contributed by atoms with E-state index in [9.17, 15) is 9.59 Å². The van der Waals surface area contributed by atoms with Gasteiger partial charge in [0, 0.05) is 5.39 Å². The number of benzene rings is 1. The summed E-state index contributed by atoms with van der Waals surface area (Å²) in [6.45, 7) is 1.80. The maximum atomic E-state index is 11.9. The first-order valence-electron chi connectivity index (χ1n) is 6.21. The first-order chi connectivity index (χ1) is 9.61. The van der Waals surface area contributed by atoms with Crippen molar-refractivity contribution in [2.45, 2.75) is 6.92 Å². The second-order valence-electron chi connectivity index (χ2n) is 4.10. The molecule has 104 valence electrons. The van der Waals surface area contributed by atoms with Gasteiger partial charge >= 0.3 is 5.97 Å². The summed E-state index contributed by atoms with van der Waals surface area (Å²) in [7, 11) is 0. The van der Waals surface area contributed by atoms with E-state index in [4.69, 9.17) is 10.5 Å². The Morgan fingerprint density at radius 3 is 2.85 bits per heavy atom. The van der Waals surface area contributed by atoms with Crippen molar-refractivity contribution >= 4 is 28.5 Å². The quantitative estimate of drug-likeness (QED) is 0.643. The van der Waals surface area contributed by atoms with Crippen molar-refractivity contribution in [2.75, 3.05) is 18.9 Å². The summed E-state index contributed by atoms with van der Waals surface area (Å²) in [4.78, 5) is 27.3. The zero-order chi connectivity index (χ0) is 14.5. The number of anilines is 1. The second-order valence-corrected chi connectivity index (χ2v) is 4.10. The number of nitrogen functional groups attached to an aromatic ring is 1. The number of nitrogens with one attached hydrogen (secondary N) is 1. The van der Waals surface area contributed by atoms with Crippen LogP contribution in [0.5, 0.6) is 0 Å². The Kier molecular flexibility index (Phi) is 4.14. The number of fused-ring (bicyclic) bond motifs is 1. The number of nitrogens with zero attached hydrogens (tertiary/aromatic N) is 1. The fourth-order valence-electron chi connectivity index (χ4n) is 1.75. The standard InChI is InChI=1S/C14H15N3O3/c1-2-20-12(18)8-16-14(19)11-7-6-9-4-3-5-10(15)13(9)17-11/h3-7H,2,8,15H2,1H3,(H,16,19). The predicted molar refractivity (Wildman–Crippen MR) is 75.1 cm³/mol. The van der Waals surface area contributed by atoms with Crippen LogP contribution >= 0.6 is 0 Å². The van der Waals surface area contributed by atoms with Crippen LogP contribution in [-0.4, -0.2) is 30.0 Å². The number of hydrogen-bond acceptors (Lipinski definition) is 5. The molecule has 0 unspecified atom stereocenters. The Hall–Kier alpha value is -2.63. The molecule has 1 heterocycles. The van der Waals surface area contributed by atoms with Crippen LogP contribution in [0.2, 0.25) is 0 Å². The summed E-state index contributed by atoms with van der Waals surface area (Å²) in [5.41, 5.74) is 7.10. The summed E-state index contributed by atoms with van der Waals surface area (Å²) in [6, 6.07) is 8.74. The third kappa shape index (κ3) is 3.03. The van der Waals surface area contributed by atoms with Crippen LogP contribution in [0, 0.1) is 0 Å². The minimum atomic E-state index is -0.485. The summed E-state index contributed by atoms with van der Waals surface area (Å²) < 4.78 is 4.72.